The smallest absolute Gasteiger partial charge is 0.223 e. The number of hydrogen-bond acceptors (Lipinski definition) is 5. The number of nitrogens with one attached hydrogen (secondary N) is 3. The van der Waals surface area contributed by atoms with Gasteiger partial charge in [0.15, 0.2) is 11.6 Å². The zero-order valence-electron chi connectivity index (χ0n) is 19.1. The maximum atomic E-state index is 14.0. The summed E-state index contributed by atoms with van der Waals surface area (Å²) in [7, 11) is 0. The van der Waals surface area contributed by atoms with Crippen molar-refractivity contribution >= 4 is 5.91 Å². The highest BCUT2D eigenvalue weighted by Gasteiger charge is 2.43. The molecule has 3 aliphatic rings. The van der Waals surface area contributed by atoms with E-state index in [9.17, 15) is 9.18 Å². The molecule has 6 unspecified atom stereocenters. The van der Waals surface area contributed by atoms with Crippen molar-refractivity contribution in [2.45, 2.75) is 76.1 Å². The summed E-state index contributed by atoms with van der Waals surface area (Å²) in [5.41, 5.74) is 9.14. The molecular formula is C26H33FN4O2. The van der Waals surface area contributed by atoms with Gasteiger partial charge in [0.2, 0.25) is 5.91 Å². The van der Waals surface area contributed by atoms with Gasteiger partial charge in [-0.1, -0.05) is 12.1 Å². The van der Waals surface area contributed by atoms with Crippen LogP contribution in [0.2, 0.25) is 0 Å². The number of pyridine rings is 1. The van der Waals surface area contributed by atoms with E-state index in [0.717, 1.165) is 50.6 Å². The third-order valence-corrected chi connectivity index (χ3v) is 7.51. The molecule has 2 saturated carbocycles. The van der Waals surface area contributed by atoms with Gasteiger partial charge in [-0.2, -0.15) is 0 Å². The number of nitrogens with zero attached hydrogens (tertiary/aromatic N) is 1. The first-order chi connectivity index (χ1) is 16.1. The van der Waals surface area contributed by atoms with Gasteiger partial charge >= 0.3 is 0 Å². The summed E-state index contributed by atoms with van der Waals surface area (Å²) in [5.74, 6) is 0.511. The minimum absolute atomic E-state index is 0.0197. The summed E-state index contributed by atoms with van der Waals surface area (Å²) in [6, 6.07) is 11.4. The van der Waals surface area contributed by atoms with Crippen LogP contribution in [0, 0.1) is 24.6 Å². The number of amides is 1. The molecule has 1 aromatic carbocycles. The first kappa shape index (κ1) is 22.3. The molecule has 7 heteroatoms. The number of hydrazine groups is 1. The molecule has 0 radical (unpaired) electrons. The summed E-state index contributed by atoms with van der Waals surface area (Å²) in [6.07, 6.45) is 8.06. The van der Waals surface area contributed by atoms with Crippen LogP contribution in [-0.2, 0) is 4.79 Å². The Morgan fingerprint density at radius 3 is 2.85 bits per heavy atom. The lowest BCUT2D eigenvalue weighted by Gasteiger charge is -2.35. The molecule has 2 aliphatic carbocycles. The summed E-state index contributed by atoms with van der Waals surface area (Å²) >= 11 is 0. The van der Waals surface area contributed by atoms with Crippen molar-refractivity contribution < 1.29 is 13.9 Å². The van der Waals surface area contributed by atoms with Gasteiger partial charge in [-0.15, -0.1) is 0 Å². The lowest BCUT2D eigenvalue weighted by Crippen LogP contribution is -2.46. The molecule has 0 bridgehead atoms. The standard InChI is InChI=1S/C26H33FN4O2/c1-16-13-17(11-12-28-16)25-21-14-18(9-10-23(21)30-31-25)26(32)29-19-5-4-6-20(15-19)33-24-8-3-2-7-22(24)27/h2-3,7-8,11-13,18-21,23,25,30-31H,4-6,9-10,14-15H2,1H3,(H,29,32). The third-order valence-electron chi connectivity index (χ3n) is 7.51. The van der Waals surface area contributed by atoms with Gasteiger partial charge in [-0.05, 0) is 81.2 Å². The zero-order chi connectivity index (χ0) is 22.8. The number of aromatic nitrogens is 1. The molecular weight excluding hydrogens is 419 g/mol. The fourth-order valence-corrected chi connectivity index (χ4v) is 5.81. The fraction of sp³-hybridized carbons (Fsp3) is 0.538. The number of aryl methyl sites for hydroxylation is 1. The van der Waals surface area contributed by atoms with Gasteiger partial charge in [0.1, 0.15) is 6.10 Å². The van der Waals surface area contributed by atoms with E-state index in [-0.39, 0.29) is 35.8 Å². The van der Waals surface area contributed by atoms with E-state index in [1.165, 1.54) is 11.6 Å². The number of benzene rings is 1. The van der Waals surface area contributed by atoms with Crippen LogP contribution in [0.25, 0.3) is 0 Å². The Balaban J connectivity index is 1.18. The van der Waals surface area contributed by atoms with Crippen LogP contribution >= 0.6 is 0 Å². The molecule has 2 heterocycles. The lowest BCUT2D eigenvalue weighted by molar-refractivity contribution is -0.127. The van der Waals surface area contributed by atoms with Crippen molar-refractivity contribution in [3.8, 4) is 5.75 Å². The Morgan fingerprint density at radius 2 is 2.00 bits per heavy atom. The molecule has 1 aliphatic heterocycles. The molecule has 0 spiro atoms. The fourth-order valence-electron chi connectivity index (χ4n) is 5.81. The van der Waals surface area contributed by atoms with Crippen LogP contribution in [-0.4, -0.2) is 29.1 Å². The molecule has 3 fully saturated rings. The van der Waals surface area contributed by atoms with Crippen molar-refractivity contribution in [2.75, 3.05) is 0 Å². The van der Waals surface area contributed by atoms with Gasteiger partial charge in [0, 0.05) is 36.3 Å². The van der Waals surface area contributed by atoms with Crippen LogP contribution in [0.4, 0.5) is 4.39 Å². The minimum Gasteiger partial charge on any atom is -0.487 e. The molecule has 33 heavy (non-hydrogen) atoms. The highest BCUT2D eigenvalue weighted by molar-refractivity contribution is 5.79. The van der Waals surface area contributed by atoms with Gasteiger partial charge in [-0.25, -0.2) is 9.82 Å². The van der Waals surface area contributed by atoms with E-state index in [1.807, 2.05) is 13.1 Å². The average Bonchev–Trinajstić information content (AvgIpc) is 3.24. The van der Waals surface area contributed by atoms with E-state index in [2.05, 4.69) is 33.3 Å². The number of carbonyl (C=O) groups is 1. The van der Waals surface area contributed by atoms with Crippen molar-refractivity contribution in [1.82, 2.24) is 21.2 Å². The quantitative estimate of drug-likeness (QED) is 0.640. The highest BCUT2D eigenvalue weighted by Crippen LogP contribution is 2.40. The van der Waals surface area contributed by atoms with Crippen LogP contribution < -0.4 is 20.9 Å². The highest BCUT2D eigenvalue weighted by atomic mass is 19.1. The summed E-state index contributed by atoms with van der Waals surface area (Å²) in [6.45, 7) is 2.01. The van der Waals surface area contributed by atoms with Crippen LogP contribution in [0.5, 0.6) is 5.75 Å². The number of ether oxygens (including phenoxy) is 1. The second-order valence-electron chi connectivity index (χ2n) is 9.82. The largest absolute Gasteiger partial charge is 0.487 e. The van der Waals surface area contributed by atoms with E-state index < -0.39 is 0 Å². The van der Waals surface area contributed by atoms with Gasteiger partial charge in [0.25, 0.3) is 0 Å². The number of fused-ring (bicyclic) bond motifs is 1. The predicted molar refractivity (Wildman–Crippen MR) is 124 cm³/mol. The SMILES string of the molecule is Cc1cc(C2NNC3CCC(C(=O)NC4CCCC(Oc5ccccc5F)C4)CC32)ccn1. The average molecular weight is 453 g/mol. The van der Waals surface area contributed by atoms with Gasteiger partial charge in [0.05, 0.1) is 6.04 Å². The minimum atomic E-state index is -0.335. The molecule has 176 valence electrons. The second-order valence-corrected chi connectivity index (χ2v) is 9.82. The third kappa shape index (κ3) is 5.04. The van der Waals surface area contributed by atoms with E-state index in [1.54, 1.807) is 18.2 Å². The van der Waals surface area contributed by atoms with Crippen LogP contribution in [0.15, 0.2) is 42.6 Å². The summed E-state index contributed by atoms with van der Waals surface area (Å²) < 4.78 is 19.9. The number of rotatable bonds is 5. The van der Waals surface area contributed by atoms with Crippen LogP contribution in [0.1, 0.15) is 62.2 Å². The van der Waals surface area contributed by atoms with Crippen molar-refractivity contribution in [1.29, 1.82) is 0 Å². The summed E-state index contributed by atoms with van der Waals surface area (Å²) in [4.78, 5) is 17.5. The Morgan fingerprint density at radius 1 is 1.12 bits per heavy atom. The van der Waals surface area contributed by atoms with Crippen molar-refractivity contribution in [3.05, 3.63) is 59.7 Å². The molecule has 1 aromatic heterocycles. The predicted octanol–water partition coefficient (Wildman–Crippen LogP) is 3.97. The second kappa shape index (κ2) is 9.77. The molecule has 6 atom stereocenters. The number of para-hydroxylation sites is 1. The normalized spacial score (nSPS) is 31.6. The number of carbonyl (C=O) groups excluding carboxylic acids is 1. The summed E-state index contributed by atoms with van der Waals surface area (Å²) in [5, 5.41) is 3.30. The Labute approximate surface area is 194 Å². The van der Waals surface area contributed by atoms with E-state index >= 15 is 0 Å². The van der Waals surface area contributed by atoms with Crippen molar-refractivity contribution in [3.63, 3.8) is 0 Å². The Bertz CT molecular complexity index is 986. The molecule has 1 amide bonds. The number of halogens is 1. The monoisotopic (exact) mass is 452 g/mol. The Hall–Kier alpha value is -2.51. The van der Waals surface area contributed by atoms with Gasteiger partial charge < -0.3 is 10.1 Å². The maximum absolute atomic E-state index is 14.0. The molecule has 2 aromatic rings. The first-order valence-electron chi connectivity index (χ1n) is 12.2. The molecule has 6 nitrogen and oxygen atoms in total. The van der Waals surface area contributed by atoms with Gasteiger partial charge in [-0.3, -0.25) is 15.2 Å². The number of hydrogen-bond donors (Lipinski definition) is 3. The molecule has 3 N–H and O–H groups in total. The van der Waals surface area contributed by atoms with E-state index in [0.29, 0.717) is 17.7 Å². The molecule has 1 saturated heterocycles. The molecule has 5 rings (SSSR count). The maximum Gasteiger partial charge on any atom is 0.223 e. The van der Waals surface area contributed by atoms with Crippen LogP contribution in [0.3, 0.4) is 0 Å². The van der Waals surface area contributed by atoms with Crippen molar-refractivity contribution in [2.24, 2.45) is 11.8 Å². The first-order valence-corrected chi connectivity index (χ1v) is 12.2. The Kier molecular flexibility index (Phi) is 6.60. The topological polar surface area (TPSA) is 75.3 Å². The van der Waals surface area contributed by atoms with E-state index in [4.69, 9.17) is 4.74 Å². The zero-order valence-corrected chi connectivity index (χ0v) is 19.1. The lowest BCUT2D eigenvalue weighted by atomic mass is 9.74.